The van der Waals surface area contributed by atoms with E-state index in [1.165, 1.54) is 55.4 Å². The van der Waals surface area contributed by atoms with Gasteiger partial charge in [0.05, 0.1) is 65.3 Å². The number of carbonyl (C=O) groups is 8. The summed E-state index contributed by atoms with van der Waals surface area (Å²) in [5.41, 5.74) is 1.15. The normalized spacial score (nSPS) is 28.5. The number of unbranched alkanes of at least 4 members (excludes halogenated alkanes) is 1. The number of rotatable bonds is 41. The van der Waals surface area contributed by atoms with Crippen molar-refractivity contribution >= 4 is 117 Å². The highest BCUT2D eigenvalue weighted by Crippen LogP contribution is 2.60. The molecule has 0 N–H and O–H groups in total. The second kappa shape index (κ2) is 36.2. The minimum atomic E-state index is -5.15. The number of esters is 8. The zero-order chi connectivity index (χ0) is 71.7. The summed E-state index contributed by atoms with van der Waals surface area (Å²) in [7, 11) is -37.9. The van der Waals surface area contributed by atoms with Crippen LogP contribution in [0.1, 0.15) is 127 Å². The lowest BCUT2D eigenvalue weighted by Crippen LogP contribution is -2.76. The van der Waals surface area contributed by atoms with Gasteiger partial charge in [-0.05, 0) is 138 Å². The molecule has 0 aromatic carbocycles. The molecule has 0 aromatic heterocycles. The highest BCUT2D eigenvalue weighted by atomic mass is 28.6. The molecule has 6 fully saturated rings. The van der Waals surface area contributed by atoms with Crippen LogP contribution in [0.3, 0.4) is 0 Å². The molecule has 6 aliphatic heterocycles. The highest BCUT2D eigenvalue weighted by molar-refractivity contribution is 7.02. The Morgan fingerprint density at radius 2 is 0.571 bits per heavy atom. The average molecular weight is 1520 g/mol. The summed E-state index contributed by atoms with van der Waals surface area (Å²) in [6.07, 6.45) is -0.327. The van der Waals surface area contributed by atoms with Crippen LogP contribution in [-0.2, 0) is 127 Å². The first-order valence-corrected chi connectivity index (χ1v) is 48.6. The molecule has 0 aliphatic carbocycles. The van der Waals surface area contributed by atoms with Gasteiger partial charge in [0.2, 0.25) is 0 Å². The summed E-state index contributed by atoms with van der Waals surface area (Å²) >= 11 is 0. The summed E-state index contributed by atoms with van der Waals surface area (Å²) in [5, 5.41) is -1.89. The minimum Gasteiger partial charge on any atom is -0.462 e. The molecule has 0 aromatic rings. The smallest absolute Gasteiger partial charge is 0.462 e. The van der Waals surface area contributed by atoms with Crippen molar-refractivity contribution in [2.75, 3.05) is 65.3 Å². The van der Waals surface area contributed by atoms with Gasteiger partial charge in [0, 0.05) is 74.8 Å². The number of ether oxygens (including phenoxy) is 8. The largest absolute Gasteiger partial charge is 0.508 e. The van der Waals surface area contributed by atoms with Gasteiger partial charge in [-0.15, -0.1) is 0 Å². The highest BCUT2D eigenvalue weighted by Gasteiger charge is 2.86. The molecule has 6 rings (SSSR count). The van der Waals surface area contributed by atoms with Crippen LogP contribution in [-0.4, -0.2) is 188 Å². The van der Waals surface area contributed by atoms with E-state index in [9.17, 15) is 38.4 Å². The molecule has 9 atom stereocenters. The van der Waals surface area contributed by atoms with Crippen LogP contribution in [0.15, 0.2) is 97.2 Å². The Balaban J connectivity index is 0.0000173. The first kappa shape index (κ1) is 83.6. The van der Waals surface area contributed by atoms with E-state index in [-0.39, 0.29) is 217 Å². The Hall–Kier alpha value is -5.06. The van der Waals surface area contributed by atoms with E-state index in [1.54, 1.807) is 0 Å². The predicted octanol–water partition coefficient (Wildman–Crippen LogP) is 9.14. The second-order valence-corrected chi connectivity index (χ2v) is 50.8. The second-order valence-electron chi connectivity index (χ2n) is 25.3. The van der Waals surface area contributed by atoms with Crippen LogP contribution >= 0.6 is 0 Å². The van der Waals surface area contributed by atoms with Gasteiger partial charge in [-0.1, -0.05) is 60.1 Å². The van der Waals surface area contributed by atoms with Crippen LogP contribution in [0.5, 0.6) is 0 Å². The van der Waals surface area contributed by atoms with E-state index >= 15 is 0 Å². The number of hydrogen-bond acceptors (Lipinski definition) is 28. The fraction of sp³-hybridized carbons (Fsp3) is 0.613. The number of carbonyl (C=O) groups excluding carboxylic acids is 8. The van der Waals surface area contributed by atoms with Crippen LogP contribution in [0.2, 0.25) is 48.4 Å². The third-order valence-electron chi connectivity index (χ3n) is 15.6. The average Bonchev–Trinajstić information content (AvgIpc) is 1.51. The molecule has 9 unspecified atom stereocenters. The molecule has 8 bridgehead atoms. The van der Waals surface area contributed by atoms with Crippen molar-refractivity contribution in [2.24, 2.45) is 0 Å². The fourth-order valence-corrected chi connectivity index (χ4v) is 61.3. The Labute approximate surface area is 584 Å². The van der Waals surface area contributed by atoms with Crippen molar-refractivity contribution in [1.29, 1.82) is 0 Å². The van der Waals surface area contributed by atoms with E-state index in [0.29, 0.717) is 0 Å². The van der Waals surface area contributed by atoms with Gasteiger partial charge in [-0.25, -0.2) is 38.4 Å². The maximum Gasteiger partial charge on any atom is 0.508 e. The molecule has 6 saturated heterocycles. The molecule has 548 valence electrons. The molecule has 0 radical (unpaired) electrons. The first-order chi connectivity index (χ1) is 45.6. The van der Waals surface area contributed by atoms with Crippen LogP contribution in [0.25, 0.3) is 0 Å². The van der Waals surface area contributed by atoms with Crippen LogP contribution in [0, 0.1) is 0 Å². The van der Waals surface area contributed by atoms with Crippen molar-refractivity contribution in [3.8, 4) is 0 Å². The van der Waals surface area contributed by atoms with Gasteiger partial charge in [0.1, 0.15) is 5.22 Å². The van der Waals surface area contributed by atoms with E-state index in [1.807, 2.05) is 0 Å². The third kappa shape index (κ3) is 22.5. The summed E-state index contributed by atoms with van der Waals surface area (Å²) in [5.74, 6) is -5.30. The van der Waals surface area contributed by atoms with E-state index in [0.717, 1.165) is 0 Å². The van der Waals surface area contributed by atoms with Crippen LogP contribution < -0.4 is 0 Å². The number of hydrogen-bond donors (Lipinski definition) is 0. The topological polar surface area (TPSA) is 321 Å². The molecule has 0 amide bonds. The van der Waals surface area contributed by atoms with Gasteiger partial charge in [0.25, 0.3) is 0 Å². The lowest BCUT2D eigenvalue weighted by molar-refractivity contribution is -0.140. The Kier molecular flexibility index (Phi) is 30.9. The third-order valence-corrected chi connectivity index (χ3v) is 53.1. The minimum absolute atomic E-state index is 0. The van der Waals surface area contributed by atoms with Gasteiger partial charge >= 0.3 is 117 Å². The SMILES string of the molecule is C.C=C(C)C(=O)OCCCC[Si]12OC[Si]3(CCCOC(=O)C(=C)C)O[Si]4(CCCOC(=O)C(=C)C)CO[Si](CCCOC(=O)C(=C)C)(O1)O[Si]1(CCCOC(=O)C(=C)C)O[Si](CCCOC(=O)C(=C)C)(OC5(CCCOC(=O)C(=C)C)C[Si](CCCOC(=O)C(=C)C)(O3)O[Si]5(O4)O1)O2. The monoisotopic (exact) mass is 1520 g/mol. The van der Waals surface area contributed by atoms with Crippen molar-refractivity contribution in [3.05, 3.63) is 97.2 Å². The van der Waals surface area contributed by atoms with Gasteiger partial charge in [-0.3, -0.25) is 0 Å². The maximum absolute atomic E-state index is 13.3. The maximum atomic E-state index is 13.3. The van der Waals surface area contributed by atoms with Crippen molar-refractivity contribution < 1.29 is 127 Å². The molecular weight excluding hydrogens is 1420 g/mol. The van der Waals surface area contributed by atoms with E-state index in [4.69, 9.17) is 88.2 Å². The zero-order valence-electron chi connectivity index (χ0n) is 57.4. The summed E-state index contributed by atoms with van der Waals surface area (Å²) < 4.78 is 141. The molecule has 6 aliphatic rings. The molecule has 6 heterocycles. The summed E-state index contributed by atoms with van der Waals surface area (Å²) in [6.45, 7) is 40.7. The Morgan fingerprint density at radius 3 is 0.959 bits per heavy atom. The first-order valence-electron chi connectivity index (χ1n) is 32.5. The standard InChI is InChI=1S/C61H96O28Si8.CH4/c1-45(2)53(62)70-27-17-18-38-93-78-43-91(36-21-30-73-56(65)48(7)8)81-90(35-20-29-72-55(64)47(5)6)42-61(26-19-28-71-54(63)46(3)4)80-95(86-93,40-24-33-76-59(68)51(13)14)88-96(41-25-34-77-60(69)52(15)16)87-94(85-93,39-23-32-75-58(67)50(11)12)79-44-92(82-91,84-97(61,83-90)89-96)37-22-31-74-57(66)49(9)10;/h1,3,5,7,9,11,13,15,17-44H2,2,4,6,8,10,12,14,16H3;1H4. The fourth-order valence-electron chi connectivity index (χ4n) is 11.1. The summed E-state index contributed by atoms with van der Waals surface area (Å²) in [4.78, 5) is 105. The molecule has 98 heavy (non-hydrogen) atoms. The molecule has 1 spiro atoms. The molecule has 28 nitrogen and oxygen atoms in total. The van der Waals surface area contributed by atoms with Crippen LogP contribution in [0.4, 0.5) is 0 Å². The van der Waals surface area contributed by atoms with Crippen molar-refractivity contribution in [3.63, 3.8) is 0 Å². The summed E-state index contributed by atoms with van der Waals surface area (Å²) in [6, 6.07) is -0.791. The Morgan fingerprint density at radius 1 is 0.306 bits per heavy atom. The van der Waals surface area contributed by atoms with Gasteiger partial charge in [0.15, 0.2) is 0 Å². The quantitative estimate of drug-likeness (QED) is 0.0181. The van der Waals surface area contributed by atoms with E-state index < -0.39 is 135 Å². The van der Waals surface area contributed by atoms with Crippen molar-refractivity contribution in [1.82, 2.24) is 0 Å². The number of fused-ring (bicyclic) bond motifs is 5. The van der Waals surface area contributed by atoms with Gasteiger partial charge < -0.3 is 88.2 Å². The predicted molar refractivity (Wildman–Crippen MR) is 369 cm³/mol. The molecular formula is C62H100O28Si8. The van der Waals surface area contributed by atoms with Crippen molar-refractivity contribution in [2.45, 2.75) is 181 Å². The lowest BCUT2D eigenvalue weighted by atomic mass is 10.2. The van der Waals surface area contributed by atoms with Gasteiger partial charge in [-0.2, -0.15) is 0 Å². The van der Waals surface area contributed by atoms with E-state index in [2.05, 4.69) is 52.6 Å². The lowest BCUT2D eigenvalue weighted by Gasteiger charge is -2.53. The Bertz CT molecular complexity index is 3080. The molecule has 0 saturated carbocycles. The molecule has 36 heteroatoms. The zero-order valence-corrected chi connectivity index (χ0v) is 65.4.